The van der Waals surface area contributed by atoms with Gasteiger partial charge in [0.25, 0.3) is 5.56 Å². The zero-order chi connectivity index (χ0) is 21.1. The molecule has 0 radical (unpaired) electrons. The van der Waals surface area contributed by atoms with Crippen molar-refractivity contribution in [3.63, 3.8) is 0 Å². The molecule has 0 unspecified atom stereocenters. The van der Waals surface area contributed by atoms with E-state index in [-0.39, 0.29) is 11.5 Å². The molecule has 1 heterocycles. The highest BCUT2D eigenvalue weighted by Crippen LogP contribution is 2.28. The molecule has 4 rings (SSSR count). The molecule has 1 N–H and O–H groups in total. The number of nitrogens with one attached hydrogen (secondary N) is 1. The second-order valence-corrected chi connectivity index (χ2v) is 7.45. The Bertz CT molecular complexity index is 1280. The molecule has 0 aliphatic heterocycles. The first kappa shape index (κ1) is 19.9. The van der Waals surface area contributed by atoms with Gasteiger partial charge in [-0.05, 0) is 49.2 Å². The topological polar surface area (TPSA) is 64.0 Å². The highest BCUT2D eigenvalue weighted by atomic mass is 35.5. The van der Waals surface area contributed by atoms with Crippen LogP contribution < -0.4 is 10.9 Å². The van der Waals surface area contributed by atoms with Crippen molar-refractivity contribution < 1.29 is 4.79 Å². The number of fused-ring (bicyclic) bond motifs is 1. The number of hydrogen-bond donors (Lipinski definition) is 1. The number of rotatable bonds is 5. The summed E-state index contributed by atoms with van der Waals surface area (Å²) in [6.07, 6.45) is 0.988. The molecular formula is C24H20ClN3O2. The molecule has 3 aromatic carbocycles. The Hall–Kier alpha value is -3.44. The number of amides is 1. The molecule has 30 heavy (non-hydrogen) atoms. The van der Waals surface area contributed by atoms with Gasteiger partial charge in [0.1, 0.15) is 5.82 Å². The second kappa shape index (κ2) is 8.51. The molecule has 0 atom stereocenters. The van der Waals surface area contributed by atoms with E-state index in [1.54, 1.807) is 31.2 Å². The Morgan fingerprint density at radius 3 is 2.57 bits per heavy atom. The summed E-state index contributed by atoms with van der Waals surface area (Å²) >= 11 is 6.22. The molecule has 0 aliphatic carbocycles. The molecule has 0 fully saturated rings. The number of benzene rings is 3. The Labute approximate surface area is 179 Å². The van der Waals surface area contributed by atoms with Crippen molar-refractivity contribution in [3.8, 4) is 5.69 Å². The van der Waals surface area contributed by atoms with E-state index in [4.69, 9.17) is 11.6 Å². The maximum absolute atomic E-state index is 12.7. The van der Waals surface area contributed by atoms with E-state index in [0.29, 0.717) is 40.4 Å². The van der Waals surface area contributed by atoms with Crippen molar-refractivity contribution >= 4 is 34.1 Å². The first-order valence-corrected chi connectivity index (χ1v) is 10.0. The van der Waals surface area contributed by atoms with Gasteiger partial charge in [-0.15, -0.1) is 0 Å². The molecule has 0 bridgehead atoms. The zero-order valence-corrected chi connectivity index (χ0v) is 17.2. The van der Waals surface area contributed by atoms with E-state index in [0.717, 1.165) is 11.1 Å². The molecular weight excluding hydrogens is 398 g/mol. The van der Waals surface area contributed by atoms with Gasteiger partial charge in [0, 0.05) is 11.4 Å². The van der Waals surface area contributed by atoms with Gasteiger partial charge in [-0.25, -0.2) is 0 Å². The van der Waals surface area contributed by atoms with Crippen LogP contribution in [0, 0.1) is 6.92 Å². The molecule has 0 saturated heterocycles. The summed E-state index contributed by atoms with van der Waals surface area (Å²) in [7, 11) is 0. The molecule has 5 nitrogen and oxygen atoms in total. The number of para-hydroxylation sites is 1. The number of nitrogens with zero attached hydrogens (tertiary/aromatic N) is 2. The minimum atomic E-state index is -0.276. The highest BCUT2D eigenvalue weighted by molar-refractivity contribution is 6.31. The van der Waals surface area contributed by atoms with E-state index in [2.05, 4.69) is 10.3 Å². The number of halogens is 1. The van der Waals surface area contributed by atoms with Gasteiger partial charge in [0.15, 0.2) is 0 Å². The predicted molar refractivity (Wildman–Crippen MR) is 120 cm³/mol. The van der Waals surface area contributed by atoms with E-state index >= 15 is 0 Å². The molecule has 150 valence electrons. The average Bonchev–Trinajstić information content (AvgIpc) is 2.74. The molecule has 0 saturated carbocycles. The van der Waals surface area contributed by atoms with Gasteiger partial charge in [0.05, 0.1) is 22.3 Å². The number of aromatic nitrogens is 2. The number of carbonyl (C=O) groups is 1. The predicted octanol–water partition coefficient (Wildman–Crippen LogP) is 4.92. The van der Waals surface area contributed by atoms with E-state index in [9.17, 15) is 9.59 Å². The lowest BCUT2D eigenvalue weighted by Crippen LogP contribution is -2.18. The standard InChI is InChI=1S/C24H20ClN3O2/c1-16-26-24(30)19-9-5-6-10-21(19)28(16)22-13-12-18(25)15-20(22)27-23(29)14-11-17-7-3-2-4-8-17/h2-10,12-13,15H,11,14H2,1H3,(H,27,29). The lowest BCUT2D eigenvalue weighted by Gasteiger charge is -2.18. The van der Waals surface area contributed by atoms with Crippen LogP contribution in [0.5, 0.6) is 0 Å². The maximum Gasteiger partial charge on any atom is 0.280 e. The molecule has 0 aliphatic rings. The van der Waals surface area contributed by atoms with Crippen molar-refractivity contribution in [2.45, 2.75) is 19.8 Å². The van der Waals surface area contributed by atoms with E-state index in [1.807, 2.05) is 53.1 Å². The minimum Gasteiger partial charge on any atom is -0.324 e. The van der Waals surface area contributed by atoms with Crippen LogP contribution in [0.1, 0.15) is 17.8 Å². The lowest BCUT2D eigenvalue weighted by molar-refractivity contribution is -0.116. The van der Waals surface area contributed by atoms with Crippen LogP contribution in [0.3, 0.4) is 0 Å². The normalized spacial score (nSPS) is 10.9. The van der Waals surface area contributed by atoms with Gasteiger partial charge in [-0.1, -0.05) is 54.1 Å². The third kappa shape index (κ3) is 4.11. The Morgan fingerprint density at radius 2 is 1.77 bits per heavy atom. The smallest absolute Gasteiger partial charge is 0.280 e. The summed E-state index contributed by atoms with van der Waals surface area (Å²) in [6.45, 7) is 1.77. The van der Waals surface area contributed by atoms with Gasteiger partial charge >= 0.3 is 0 Å². The summed E-state index contributed by atoms with van der Waals surface area (Å²) < 4.78 is 1.86. The van der Waals surface area contributed by atoms with Crippen molar-refractivity contribution in [1.82, 2.24) is 9.55 Å². The third-order valence-corrected chi connectivity index (χ3v) is 5.15. The average molecular weight is 418 g/mol. The minimum absolute atomic E-state index is 0.113. The first-order valence-electron chi connectivity index (χ1n) is 9.65. The molecule has 0 spiro atoms. The molecule has 1 aromatic heterocycles. The summed E-state index contributed by atoms with van der Waals surface area (Å²) in [5.74, 6) is 0.416. The van der Waals surface area contributed by atoms with Gasteiger partial charge in [-0.3, -0.25) is 14.2 Å². The summed E-state index contributed by atoms with van der Waals surface area (Å²) in [6, 6.07) is 22.4. The quantitative estimate of drug-likeness (QED) is 0.501. The molecule has 4 aromatic rings. The lowest BCUT2D eigenvalue weighted by atomic mass is 10.1. The number of aryl methyl sites for hydroxylation is 2. The fraction of sp³-hybridized carbons (Fsp3) is 0.125. The first-order chi connectivity index (χ1) is 14.5. The van der Waals surface area contributed by atoms with E-state index in [1.165, 1.54) is 0 Å². The number of hydrogen-bond acceptors (Lipinski definition) is 3. The van der Waals surface area contributed by atoms with Crippen LogP contribution in [0.15, 0.2) is 77.6 Å². The van der Waals surface area contributed by atoms with Crippen molar-refractivity contribution in [2.75, 3.05) is 5.32 Å². The summed E-state index contributed by atoms with van der Waals surface area (Å²) in [4.78, 5) is 29.1. The van der Waals surface area contributed by atoms with Crippen LogP contribution in [0.4, 0.5) is 5.69 Å². The van der Waals surface area contributed by atoms with Crippen LogP contribution in [-0.4, -0.2) is 15.5 Å². The largest absolute Gasteiger partial charge is 0.324 e. The third-order valence-electron chi connectivity index (χ3n) is 4.92. The van der Waals surface area contributed by atoms with Crippen LogP contribution in [-0.2, 0) is 11.2 Å². The van der Waals surface area contributed by atoms with Crippen LogP contribution in [0.2, 0.25) is 5.02 Å². The van der Waals surface area contributed by atoms with Crippen LogP contribution in [0.25, 0.3) is 16.6 Å². The fourth-order valence-electron chi connectivity index (χ4n) is 3.50. The van der Waals surface area contributed by atoms with Crippen molar-refractivity contribution in [2.24, 2.45) is 0 Å². The van der Waals surface area contributed by atoms with Crippen molar-refractivity contribution in [1.29, 1.82) is 0 Å². The van der Waals surface area contributed by atoms with Crippen molar-refractivity contribution in [3.05, 3.63) is 99.6 Å². The van der Waals surface area contributed by atoms with Gasteiger partial charge in [0.2, 0.25) is 5.91 Å². The van der Waals surface area contributed by atoms with Gasteiger partial charge in [-0.2, -0.15) is 4.98 Å². The summed E-state index contributed by atoms with van der Waals surface area (Å²) in [5.41, 5.74) is 2.82. The van der Waals surface area contributed by atoms with Crippen LogP contribution >= 0.6 is 11.6 Å². The molecule has 6 heteroatoms. The van der Waals surface area contributed by atoms with Gasteiger partial charge < -0.3 is 5.32 Å². The van der Waals surface area contributed by atoms with E-state index < -0.39 is 0 Å². The Morgan fingerprint density at radius 1 is 1.03 bits per heavy atom. The Balaban J connectivity index is 1.71. The second-order valence-electron chi connectivity index (χ2n) is 7.01. The monoisotopic (exact) mass is 417 g/mol. The Kier molecular flexibility index (Phi) is 5.63. The maximum atomic E-state index is 12.7. The zero-order valence-electron chi connectivity index (χ0n) is 16.4. The SMILES string of the molecule is Cc1nc(=O)c2ccccc2n1-c1ccc(Cl)cc1NC(=O)CCc1ccccc1. The fourth-order valence-corrected chi connectivity index (χ4v) is 3.68. The number of carbonyl (C=O) groups excluding carboxylic acids is 1. The summed E-state index contributed by atoms with van der Waals surface area (Å²) in [5, 5.41) is 4.00. The molecule has 1 amide bonds. The highest BCUT2D eigenvalue weighted by Gasteiger charge is 2.15. The number of anilines is 1.